The number of nitrogens with one attached hydrogen (secondary N) is 1. The summed E-state index contributed by atoms with van der Waals surface area (Å²) in [7, 11) is 2.41. The van der Waals surface area contributed by atoms with Crippen molar-refractivity contribution in [1.29, 1.82) is 0 Å². The molecule has 0 bridgehead atoms. The second kappa shape index (κ2) is 41.2. The number of halogens is 11. The molecule has 0 radical (unpaired) electrons. The molecule has 115 heavy (non-hydrogen) atoms. The lowest BCUT2D eigenvalue weighted by molar-refractivity contribution is 0.0587. The van der Waals surface area contributed by atoms with Crippen molar-refractivity contribution in [2.24, 2.45) is 5.73 Å². The Labute approximate surface area is 666 Å². The van der Waals surface area contributed by atoms with Gasteiger partial charge in [0.1, 0.15) is 77.4 Å². The molecule has 8 aromatic rings. The minimum absolute atomic E-state index is 0. The smallest absolute Gasteiger partial charge is 0.412 e. The number of amides is 1. The van der Waals surface area contributed by atoms with Gasteiger partial charge in [0.05, 0.1) is 85.5 Å². The highest BCUT2D eigenvalue weighted by Crippen LogP contribution is 2.42. The SMILES string of the molecule is CC(C)(C)OC(=O)Nc1cccn(C2C[C@H]2F)c1=O.COC(=O)c1cccn(C2C[C@H]2F)c1=O.COC(=O)c1cccoc1=O.Cl.Cl.Cl.N[C@@H]1C[C@H]1F.Nc1cccn(C2C[C@H]2F)c1=O.Nc1cccn(C2C[C@H]2F)c1=O.Nc1cccn(C2C[C@H]2F)c1=O.Nc1cccn(C2C[C@H]2F)c1=O.O=C(O)c1cccn(C2C[C@H]2F)c1=O. The van der Waals surface area contributed by atoms with Crippen LogP contribution in [0.2, 0.25) is 0 Å². The predicted octanol–water partition coefficient (Wildman–Crippen LogP) is 8.83. The van der Waals surface area contributed by atoms with Gasteiger partial charge in [-0.3, -0.25) is 38.9 Å². The fourth-order valence-electron chi connectivity index (χ4n) is 10.3. The number of anilines is 5. The number of esters is 2. The Morgan fingerprint density at radius 1 is 0.400 bits per heavy atom. The highest BCUT2D eigenvalue weighted by molar-refractivity contribution is 5.89. The van der Waals surface area contributed by atoms with Gasteiger partial charge in [0.25, 0.3) is 38.9 Å². The van der Waals surface area contributed by atoms with Crippen LogP contribution in [-0.2, 0) is 14.2 Å². The molecule has 8 heterocycles. The van der Waals surface area contributed by atoms with Crippen LogP contribution in [0.15, 0.2) is 189 Å². The van der Waals surface area contributed by atoms with E-state index in [1.54, 1.807) is 82.0 Å². The maximum Gasteiger partial charge on any atom is 0.412 e. The Morgan fingerprint density at radius 2 is 0.643 bits per heavy atom. The second-order valence-corrected chi connectivity index (χ2v) is 27.5. The van der Waals surface area contributed by atoms with Crippen molar-refractivity contribution >= 4 is 89.7 Å². The van der Waals surface area contributed by atoms with Crippen LogP contribution in [0.3, 0.4) is 0 Å². The highest BCUT2D eigenvalue weighted by atomic mass is 35.5. The van der Waals surface area contributed by atoms with Gasteiger partial charge >= 0.3 is 29.6 Å². The lowest BCUT2D eigenvalue weighted by Crippen LogP contribution is -2.30. The number of methoxy groups -OCH3 is 2. The number of carbonyl (C=O) groups excluding carboxylic acids is 3. The van der Waals surface area contributed by atoms with Crippen LogP contribution in [0.4, 0.5) is 68.4 Å². The molecule has 8 fully saturated rings. The second-order valence-electron chi connectivity index (χ2n) is 27.5. The molecule has 8 aliphatic carbocycles. The average molecular weight is 1690 g/mol. The van der Waals surface area contributed by atoms with Gasteiger partial charge in [-0.2, -0.15) is 0 Å². The summed E-state index contributed by atoms with van der Waals surface area (Å²) in [6, 6.07) is 21.6. The van der Waals surface area contributed by atoms with E-state index in [1.165, 1.54) is 127 Å². The normalized spacial score (nSPS) is 24.0. The maximum atomic E-state index is 13.0. The van der Waals surface area contributed by atoms with E-state index >= 15 is 0 Å². The molecule has 626 valence electrons. The number of pyridine rings is 7. The predicted molar refractivity (Wildman–Crippen MR) is 416 cm³/mol. The monoisotopic (exact) mass is 1690 g/mol. The first-order valence-electron chi connectivity index (χ1n) is 34.8. The van der Waals surface area contributed by atoms with Crippen molar-refractivity contribution in [3.8, 4) is 0 Å². The Kier molecular flexibility index (Phi) is 33.8. The first-order chi connectivity index (χ1) is 52.9. The van der Waals surface area contributed by atoms with Gasteiger partial charge < -0.3 is 84.4 Å². The number of aromatic nitrogens is 7. The third-order valence-electron chi connectivity index (χ3n) is 17.4. The molecule has 8 aromatic heterocycles. The summed E-state index contributed by atoms with van der Waals surface area (Å²) in [5.41, 5.74) is 22.8. The lowest BCUT2D eigenvalue weighted by atomic mass is 10.2. The average Bonchev–Trinajstić information content (AvgIpc) is 1.68. The minimum atomic E-state index is -1.28. The van der Waals surface area contributed by atoms with E-state index in [4.69, 9.17) is 38.5 Å². The molecule has 8 saturated carbocycles. The van der Waals surface area contributed by atoms with E-state index in [1.807, 2.05) is 0 Å². The Morgan fingerprint density at radius 3 is 0.904 bits per heavy atom. The van der Waals surface area contributed by atoms with Gasteiger partial charge in [0.2, 0.25) is 0 Å². The van der Waals surface area contributed by atoms with E-state index in [2.05, 4.69) is 19.2 Å². The van der Waals surface area contributed by atoms with Crippen molar-refractivity contribution in [1.82, 2.24) is 32.0 Å². The molecule has 0 aromatic carbocycles. The molecule has 8 aliphatic rings. The molecule has 0 spiro atoms. The number of hydrogen-bond acceptors (Lipinski definition) is 21. The zero-order valence-electron chi connectivity index (χ0n) is 62.0. The van der Waals surface area contributed by atoms with Gasteiger partial charge in [-0.15, -0.1) is 37.2 Å². The third-order valence-corrected chi connectivity index (χ3v) is 17.4. The topological polar surface area (TPSA) is 443 Å². The van der Waals surface area contributed by atoms with Gasteiger partial charge in [-0.25, -0.2) is 59.1 Å². The van der Waals surface area contributed by atoms with Crippen molar-refractivity contribution in [3.63, 3.8) is 0 Å². The molecule has 30 nitrogen and oxygen atoms in total. The van der Waals surface area contributed by atoms with Crippen LogP contribution in [0.25, 0.3) is 0 Å². The Hall–Kier alpha value is -11.3. The number of nitrogen functional groups attached to an aromatic ring is 4. The summed E-state index contributed by atoms with van der Waals surface area (Å²) in [6.45, 7) is 5.19. The summed E-state index contributed by atoms with van der Waals surface area (Å²) in [5.74, 6) is -2.65. The van der Waals surface area contributed by atoms with Crippen LogP contribution >= 0.6 is 37.2 Å². The Bertz CT molecular complexity index is 4930. The van der Waals surface area contributed by atoms with Crippen LogP contribution in [0.1, 0.15) is 146 Å². The fourth-order valence-corrected chi connectivity index (χ4v) is 10.3. The molecular weight excluding hydrogens is 1600 g/mol. The third kappa shape index (κ3) is 26.4. The van der Waals surface area contributed by atoms with Gasteiger partial charge in [-0.05, 0) is 124 Å². The minimum Gasteiger partial charge on any atom is -0.477 e. The molecule has 12 N–H and O–H groups in total. The van der Waals surface area contributed by atoms with E-state index in [0.29, 0.717) is 51.4 Å². The van der Waals surface area contributed by atoms with Gasteiger partial charge in [-0.1, -0.05) is 0 Å². The summed E-state index contributed by atoms with van der Waals surface area (Å²) in [6.07, 6.45) is 7.38. The molecule has 16 atom stereocenters. The lowest BCUT2D eigenvalue weighted by Gasteiger charge is -2.19. The van der Waals surface area contributed by atoms with Crippen molar-refractivity contribution in [2.75, 3.05) is 42.5 Å². The molecule has 0 aliphatic heterocycles. The Balaban J connectivity index is 0.000000233. The molecule has 0 saturated heterocycles. The summed E-state index contributed by atoms with van der Waals surface area (Å²) in [5, 5.41) is 11.0. The van der Waals surface area contributed by atoms with Crippen molar-refractivity contribution < 1.29 is 78.0 Å². The summed E-state index contributed by atoms with van der Waals surface area (Å²) in [4.78, 5) is 135. The van der Waals surface area contributed by atoms with E-state index < -0.39 is 119 Å². The van der Waals surface area contributed by atoms with Crippen LogP contribution < -0.4 is 78.5 Å². The van der Waals surface area contributed by atoms with E-state index in [-0.39, 0.29) is 135 Å². The number of nitrogens with two attached hydrogens (primary N) is 5. The first kappa shape index (κ1) is 94.3. The van der Waals surface area contributed by atoms with Crippen LogP contribution in [0, 0.1) is 0 Å². The number of carbonyl (C=O) groups is 4. The van der Waals surface area contributed by atoms with E-state index in [9.17, 15) is 92.7 Å². The number of nitrogens with zero attached hydrogens (tertiary/aromatic N) is 7. The number of aromatic carboxylic acids is 1. The zero-order valence-corrected chi connectivity index (χ0v) is 64.4. The quantitative estimate of drug-likeness (QED) is 0.0361. The summed E-state index contributed by atoms with van der Waals surface area (Å²) >= 11 is 0. The molecule has 41 heteroatoms. The highest BCUT2D eigenvalue weighted by Gasteiger charge is 2.44. The van der Waals surface area contributed by atoms with Crippen LogP contribution in [0.5, 0.6) is 0 Å². The number of carboxylic acids is 1. The van der Waals surface area contributed by atoms with Gasteiger partial charge in [0.15, 0.2) is 0 Å². The zero-order chi connectivity index (χ0) is 82.5. The molecule has 1 amide bonds. The first-order valence-corrected chi connectivity index (χ1v) is 34.8. The van der Waals surface area contributed by atoms with Crippen molar-refractivity contribution in [2.45, 2.75) is 175 Å². The van der Waals surface area contributed by atoms with Crippen LogP contribution in [-0.4, -0.2) is 136 Å². The number of rotatable bonds is 11. The summed E-state index contributed by atoms with van der Waals surface area (Å²) < 4.78 is 128. The number of alkyl halides is 8. The standard InChI is InChI=1S/C13H17FN2O3.C10H10FNO3.C9H8FNO3.4C8H9FN2O.C7H6O4.C3H6FN.3ClH/c1-13(2,3)19-12(18)15-9-5-4-6-16(11(9)17)10-7-8(10)14;1-15-10(14)6-3-2-4-12(9(6)13)8-5-7(8)11;10-6-4-7(6)11-3-1-2-5(8(11)12)9(13)14;4*9-5-4-7(5)11-3-1-2-6(10)8(11)12;1-10-6(8)5-3-2-4-11-7(5)9;4-2-1-3(2)5;;;/h4-6,8,10H,7H2,1-3H3,(H,15,18);2-4,7-8H,5H2,1H3;1-3,6-7H,4H2,(H,13,14);4*1-3,5,7H,4,10H2;2-4H,1H3;2-3H,1,5H2;3*1H/t8-,10?;7-,8?;6-,7?;4*5-,7?;;2-,3-;;;/m1111111.1.../s1. The molecule has 7 unspecified atom stereocenters. The fraction of sp³-hybridized carbons (Fsp3) is 0.405. The largest absolute Gasteiger partial charge is 0.477 e. The van der Waals surface area contributed by atoms with Crippen molar-refractivity contribution in [3.05, 3.63) is 246 Å². The number of carboxylic acid groups (broad SMARTS) is 1. The number of ether oxygens (including phenoxy) is 3. The number of hydrogen-bond donors (Lipinski definition) is 7. The molecular formula is C74H86Cl3F8N13O17. The van der Waals surface area contributed by atoms with Gasteiger partial charge in [0, 0.05) is 94.4 Å². The molecule has 16 rings (SSSR count). The maximum absolute atomic E-state index is 13.0. The van der Waals surface area contributed by atoms with E-state index in [0.717, 1.165) is 4.57 Å².